The molecule has 1 saturated carbocycles. The molecule has 106 valence electrons. The first-order valence-corrected chi connectivity index (χ1v) is 6.91. The third-order valence-corrected chi connectivity index (χ3v) is 3.59. The predicted molar refractivity (Wildman–Crippen MR) is 70.8 cm³/mol. The predicted octanol–water partition coefficient (Wildman–Crippen LogP) is 0.381. The Labute approximate surface area is 119 Å². The van der Waals surface area contributed by atoms with Crippen molar-refractivity contribution in [1.82, 2.24) is 30.2 Å². The van der Waals surface area contributed by atoms with Gasteiger partial charge in [-0.3, -0.25) is 0 Å². The zero-order chi connectivity index (χ0) is 13.9. The van der Waals surface area contributed by atoms with Crippen molar-refractivity contribution in [1.29, 1.82) is 0 Å². The summed E-state index contributed by atoms with van der Waals surface area (Å²) >= 11 is 1.38. The van der Waals surface area contributed by atoms with E-state index in [2.05, 4.69) is 30.9 Å². The summed E-state index contributed by atoms with van der Waals surface area (Å²) < 4.78 is 6.87. The van der Waals surface area contributed by atoms with Gasteiger partial charge in [0.15, 0.2) is 5.82 Å². The van der Waals surface area contributed by atoms with Crippen molar-refractivity contribution in [2.75, 3.05) is 12.5 Å². The van der Waals surface area contributed by atoms with E-state index < -0.39 is 0 Å². The van der Waals surface area contributed by atoms with Crippen LogP contribution in [0, 0.1) is 0 Å². The number of hydrogen-bond acceptors (Lipinski definition) is 9. The van der Waals surface area contributed by atoms with E-state index in [0.717, 1.165) is 23.0 Å². The first kappa shape index (κ1) is 13.2. The number of nitrogens with zero attached hydrogens (tertiary/aromatic N) is 6. The lowest BCUT2D eigenvalue weighted by Gasteiger charge is -2.06. The molecule has 0 aromatic carbocycles. The molecule has 0 spiro atoms. The van der Waals surface area contributed by atoms with Crippen molar-refractivity contribution >= 4 is 17.6 Å². The molecule has 10 heteroatoms. The Morgan fingerprint density at radius 3 is 3.05 bits per heavy atom. The molecule has 2 aromatic heterocycles. The van der Waals surface area contributed by atoms with Gasteiger partial charge in [0.2, 0.25) is 5.16 Å². The lowest BCUT2D eigenvalue weighted by atomic mass is 10.5. The van der Waals surface area contributed by atoms with Crippen molar-refractivity contribution in [3.63, 3.8) is 0 Å². The van der Waals surface area contributed by atoms with Gasteiger partial charge in [-0.15, -0.1) is 5.10 Å². The van der Waals surface area contributed by atoms with E-state index in [1.807, 2.05) is 4.68 Å². The Morgan fingerprint density at radius 2 is 2.35 bits per heavy atom. The molecule has 0 unspecified atom stereocenters. The summed E-state index contributed by atoms with van der Waals surface area (Å²) in [4.78, 5) is 8.59. The van der Waals surface area contributed by atoms with E-state index in [-0.39, 0.29) is 0 Å². The van der Waals surface area contributed by atoms with Crippen molar-refractivity contribution in [3.05, 3.63) is 11.9 Å². The molecule has 2 aromatic rings. The van der Waals surface area contributed by atoms with Crippen LogP contribution in [0.15, 0.2) is 16.2 Å². The van der Waals surface area contributed by atoms with Gasteiger partial charge < -0.3 is 10.2 Å². The van der Waals surface area contributed by atoms with E-state index in [1.165, 1.54) is 11.8 Å². The van der Waals surface area contributed by atoms with E-state index >= 15 is 0 Å². The minimum absolute atomic E-state index is 0.316. The second kappa shape index (κ2) is 5.69. The Hall–Kier alpha value is -1.78. The number of ether oxygens (including phenoxy) is 1. The summed E-state index contributed by atoms with van der Waals surface area (Å²) in [6.07, 6.45) is 2.24. The van der Waals surface area contributed by atoms with Crippen molar-refractivity contribution in [2.45, 2.75) is 35.7 Å². The highest BCUT2D eigenvalue weighted by atomic mass is 32.2. The minimum atomic E-state index is 0.316. The fourth-order valence-corrected chi connectivity index (χ4v) is 2.55. The molecule has 0 bridgehead atoms. The molecule has 20 heavy (non-hydrogen) atoms. The van der Waals surface area contributed by atoms with Crippen molar-refractivity contribution in [3.8, 4) is 0 Å². The van der Waals surface area contributed by atoms with Crippen molar-refractivity contribution < 1.29 is 4.74 Å². The highest BCUT2D eigenvalue weighted by Gasteiger charge is 2.28. The zero-order valence-corrected chi connectivity index (χ0v) is 11.7. The summed E-state index contributed by atoms with van der Waals surface area (Å²) in [5.74, 6) is 6.49. The van der Waals surface area contributed by atoms with Crippen LogP contribution in [0.3, 0.4) is 0 Å². The summed E-state index contributed by atoms with van der Waals surface area (Å²) in [7, 11) is 1.59. The summed E-state index contributed by atoms with van der Waals surface area (Å²) in [5, 5.41) is 13.2. The number of methoxy groups -OCH3 is 1. The van der Waals surface area contributed by atoms with Crippen LogP contribution in [0.5, 0.6) is 0 Å². The third kappa shape index (κ3) is 2.86. The maximum absolute atomic E-state index is 5.41. The van der Waals surface area contributed by atoms with Crippen LogP contribution in [-0.4, -0.2) is 37.3 Å². The fraction of sp³-hybridized carbons (Fsp3) is 0.500. The largest absolute Gasteiger partial charge is 0.377 e. The lowest BCUT2D eigenvalue weighted by molar-refractivity contribution is 0.177. The quantitative estimate of drug-likeness (QED) is 0.443. The minimum Gasteiger partial charge on any atom is -0.377 e. The lowest BCUT2D eigenvalue weighted by Crippen LogP contribution is -2.11. The molecule has 3 N–H and O–H groups in total. The molecule has 0 atom stereocenters. The van der Waals surface area contributed by atoms with Gasteiger partial charge in [0.1, 0.15) is 17.5 Å². The molecule has 0 radical (unpaired) electrons. The van der Waals surface area contributed by atoms with Gasteiger partial charge in [-0.2, -0.15) is 0 Å². The molecule has 3 rings (SSSR count). The van der Waals surface area contributed by atoms with Crippen LogP contribution in [0.25, 0.3) is 0 Å². The molecule has 0 aliphatic heterocycles. The van der Waals surface area contributed by atoms with Gasteiger partial charge >= 0.3 is 0 Å². The van der Waals surface area contributed by atoms with Crippen LogP contribution in [0.2, 0.25) is 0 Å². The van der Waals surface area contributed by atoms with Gasteiger partial charge in [0.25, 0.3) is 0 Å². The first-order valence-electron chi connectivity index (χ1n) is 6.09. The van der Waals surface area contributed by atoms with Gasteiger partial charge in [0.05, 0.1) is 6.04 Å². The number of anilines is 1. The van der Waals surface area contributed by atoms with Crippen molar-refractivity contribution in [2.24, 2.45) is 5.84 Å². The summed E-state index contributed by atoms with van der Waals surface area (Å²) in [5.41, 5.74) is 2.52. The molecule has 0 saturated heterocycles. The monoisotopic (exact) mass is 294 g/mol. The molecule has 1 aliphatic carbocycles. The van der Waals surface area contributed by atoms with Crippen LogP contribution in [-0.2, 0) is 11.3 Å². The number of nitrogens with one attached hydrogen (secondary N) is 1. The normalized spacial score (nSPS) is 14.5. The first-order chi connectivity index (χ1) is 9.80. The Balaban J connectivity index is 1.85. The highest BCUT2D eigenvalue weighted by molar-refractivity contribution is 7.99. The maximum Gasteiger partial charge on any atom is 0.215 e. The number of hydrogen-bond donors (Lipinski definition) is 2. The number of tetrazole rings is 1. The number of nitrogen functional groups attached to an aromatic ring is 1. The van der Waals surface area contributed by atoms with Crippen LogP contribution >= 0.6 is 11.8 Å². The number of aromatic nitrogens is 6. The second-order valence-corrected chi connectivity index (χ2v) is 5.31. The number of rotatable bonds is 6. The standard InChI is InChI=1S/C10H14N8OS/c1-19-5-8-12-7(14-11)4-9(13-8)20-10-15-16-17-18(10)6-2-3-6/h4,6H,2-3,5,11H2,1H3,(H,12,13,14). The molecule has 1 aliphatic rings. The van der Waals surface area contributed by atoms with Gasteiger partial charge in [-0.25, -0.2) is 20.5 Å². The Kier molecular flexibility index (Phi) is 3.76. The second-order valence-electron chi connectivity index (χ2n) is 4.32. The van der Waals surface area contributed by atoms with Crippen LogP contribution in [0.1, 0.15) is 24.7 Å². The van der Waals surface area contributed by atoms with E-state index in [9.17, 15) is 0 Å². The maximum atomic E-state index is 5.41. The highest BCUT2D eigenvalue weighted by Crippen LogP contribution is 2.37. The van der Waals surface area contributed by atoms with E-state index in [1.54, 1.807) is 13.2 Å². The van der Waals surface area contributed by atoms with Gasteiger partial charge in [0, 0.05) is 13.2 Å². The zero-order valence-electron chi connectivity index (χ0n) is 10.9. The van der Waals surface area contributed by atoms with Gasteiger partial charge in [-0.05, 0) is 35.0 Å². The summed E-state index contributed by atoms with van der Waals surface area (Å²) in [6, 6.07) is 2.16. The smallest absolute Gasteiger partial charge is 0.215 e. The molecule has 0 amide bonds. The number of hydrazine groups is 1. The molecule has 2 heterocycles. The molecular formula is C10H14N8OS. The van der Waals surface area contributed by atoms with Gasteiger partial charge in [-0.1, -0.05) is 0 Å². The average Bonchev–Trinajstić information content (AvgIpc) is 3.19. The third-order valence-electron chi connectivity index (χ3n) is 2.72. The SMILES string of the molecule is COCc1nc(NN)cc(Sc2nnnn2C2CC2)n1. The summed E-state index contributed by atoms with van der Waals surface area (Å²) in [6.45, 7) is 0.316. The van der Waals surface area contributed by atoms with Crippen LogP contribution in [0.4, 0.5) is 5.82 Å². The molecule has 1 fully saturated rings. The average molecular weight is 294 g/mol. The molecule has 9 nitrogen and oxygen atoms in total. The van der Waals surface area contributed by atoms with E-state index in [0.29, 0.717) is 24.3 Å². The Bertz CT molecular complexity index is 599. The Morgan fingerprint density at radius 1 is 1.50 bits per heavy atom. The fourth-order valence-electron chi connectivity index (χ4n) is 1.69. The van der Waals surface area contributed by atoms with E-state index in [4.69, 9.17) is 10.6 Å². The topological polar surface area (TPSA) is 117 Å². The van der Waals surface area contributed by atoms with Crippen LogP contribution < -0.4 is 11.3 Å². The number of nitrogens with two attached hydrogens (primary N) is 1. The molecular weight excluding hydrogens is 280 g/mol.